The number of aryl methyl sites for hydroxylation is 1. The lowest BCUT2D eigenvalue weighted by molar-refractivity contribution is 0.0237. The van der Waals surface area contributed by atoms with Gasteiger partial charge < -0.3 is 19.1 Å². The summed E-state index contributed by atoms with van der Waals surface area (Å²) in [5.74, 6) is 0. The molecule has 1 spiro atoms. The van der Waals surface area contributed by atoms with E-state index in [0.717, 1.165) is 57.2 Å². The number of sulfonamides is 1. The highest BCUT2D eigenvalue weighted by Gasteiger charge is 2.49. The fraction of sp³-hybridized carbons (Fsp3) is 0.630. The van der Waals surface area contributed by atoms with Crippen molar-refractivity contribution < 1.29 is 17.9 Å². The van der Waals surface area contributed by atoms with E-state index in [-0.39, 0.29) is 28.6 Å². The monoisotopic (exact) mass is 527 g/mol. The van der Waals surface area contributed by atoms with Crippen molar-refractivity contribution in [3.63, 3.8) is 0 Å². The molecule has 6 rings (SSSR count). The predicted octanol–water partition coefficient (Wildman–Crippen LogP) is 3.11. The lowest BCUT2D eigenvalue weighted by Crippen LogP contribution is -2.57. The average molecular weight is 528 g/mol. The zero-order valence-corrected chi connectivity index (χ0v) is 22.6. The number of likely N-dealkylation sites (tertiary alicyclic amines) is 1. The van der Waals surface area contributed by atoms with Gasteiger partial charge in [0.25, 0.3) is 10.0 Å². The summed E-state index contributed by atoms with van der Waals surface area (Å²) in [6, 6.07) is 9.37. The van der Waals surface area contributed by atoms with Crippen LogP contribution >= 0.6 is 0 Å². The molecule has 0 aliphatic carbocycles. The van der Waals surface area contributed by atoms with E-state index in [1.54, 1.807) is 28.4 Å². The largest absolute Gasteiger partial charge is 0.450 e. The standard InChI is InChI=1S/C27H37N5O4S/c1-3-36-26(33)32-21-8-9-22(32)15-23(14-21)30-12-10-27(11-13-30)18-31(16-20-6-4-5-7-24(20)27)37(34,35)25-17-29(2)19-28-25/h4-7,17,19,21-23H,3,8-16,18H2,1-2H3. The Balaban J connectivity index is 1.20. The topological polar surface area (TPSA) is 88.0 Å². The number of hydrogen-bond donors (Lipinski definition) is 0. The molecular formula is C27H37N5O4S. The molecule has 200 valence electrons. The number of hydrogen-bond acceptors (Lipinski definition) is 6. The summed E-state index contributed by atoms with van der Waals surface area (Å²) in [5, 5.41) is 0.116. The van der Waals surface area contributed by atoms with Crippen LogP contribution in [0.4, 0.5) is 4.79 Å². The summed E-state index contributed by atoms with van der Waals surface area (Å²) < 4.78 is 35.8. The number of carbonyl (C=O) groups excluding carboxylic acids is 1. The van der Waals surface area contributed by atoms with Crippen molar-refractivity contribution in [1.82, 2.24) is 23.7 Å². The number of carbonyl (C=O) groups is 1. The molecule has 10 heteroatoms. The van der Waals surface area contributed by atoms with E-state index in [4.69, 9.17) is 4.74 Å². The van der Waals surface area contributed by atoms with Gasteiger partial charge in [0, 0.05) is 49.9 Å². The highest BCUT2D eigenvalue weighted by atomic mass is 32.2. The number of fused-ring (bicyclic) bond motifs is 4. The lowest BCUT2D eigenvalue weighted by Gasteiger charge is -2.51. The highest BCUT2D eigenvalue weighted by Crippen LogP contribution is 2.45. The Morgan fingerprint density at radius 3 is 2.46 bits per heavy atom. The van der Waals surface area contributed by atoms with Gasteiger partial charge >= 0.3 is 6.09 Å². The minimum Gasteiger partial charge on any atom is -0.450 e. The zero-order chi connectivity index (χ0) is 25.8. The Morgan fingerprint density at radius 1 is 1.11 bits per heavy atom. The first-order valence-electron chi connectivity index (χ1n) is 13.6. The van der Waals surface area contributed by atoms with E-state index in [1.807, 2.05) is 17.9 Å². The second kappa shape index (κ2) is 9.39. The predicted molar refractivity (Wildman–Crippen MR) is 138 cm³/mol. The minimum absolute atomic E-state index is 0.116. The average Bonchev–Trinajstić information content (AvgIpc) is 3.45. The third-order valence-electron chi connectivity index (χ3n) is 9.16. The normalized spacial score (nSPS) is 27.8. The molecule has 1 amide bonds. The Labute approximate surface area is 219 Å². The summed E-state index contributed by atoms with van der Waals surface area (Å²) in [6.45, 7) is 5.04. The van der Waals surface area contributed by atoms with Gasteiger partial charge in [0.1, 0.15) is 0 Å². The Bertz CT molecular complexity index is 1260. The fourth-order valence-corrected chi connectivity index (χ4v) is 8.83. The maximum atomic E-state index is 13.6. The molecule has 1 aromatic heterocycles. The van der Waals surface area contributed by atoms with Gasteiger partial charge in [-0.05, 0) is 69.7 Å². The van der Waals surface area contributed by atoms with Crippen molar-refractivity contribution in [1.29, 1.82) is 0 Å². The molecule has 37 heavy (non-hydrogen) atoms. The van der Waals surface area contributed by atoms with Gasteiger partial charge in [-0.3, -0.25) is 0 Å². The van der Waals surface area contributed by atoms with E-state index in [2.05, 4.69) is 28.1 Å². The van der Waals surface area contributed by atoms with Crippen LogP contribution < -0.4 is 0 Å². The van der Waals surface area contributed by atoms with Crippen molar-refractivity contribution >= 4 is 16.1 Å². The quantitative estimate of drug-likeness (QED) is 0.607. The number of imidazole rings is 1. The Kier molecular flexibility index (Phi) is 6.32. The number of amides is 1. The Hall–Kier alpha value is -2.43. The first-order valence-corrected chi connectivity index (χ1v) is 15.0. The molecule has 0 radical (unpaired) electrons. The first-order chi connectivity index (χ1) is 17.8. The minimum atomic E-state index is -3.68. The molecule has 0 saturated carbocycles. The van der Waals surface area contributed by atoms with E-state index in [1.165, 1.54) is 5.56 Å². The van der Waals surface area contributed by atoms with Gasteiger partial charge in [-0.1, -0.05) is 24.3 Å². The SMILES string of the molecule is CCOC(=O)N1C2CCC1CC(N1CCC3(CC1)CN(S(=O)(=O)c1cn(C)cn1)Cc1ccccc13)C2. The van der Waals surface area contributed by atoms with Crippen molar-refractivity contribution in [2.24, 2.45) is 7.05 Å². The third-order valence-corrected chi connectivity index (χ3v) is 10.8. The molecule has 2 bridgehead atoms. The number of piperidine rings is 2. The molecule has 1 aromatic carbocycles. The summed E-state index contributed by atoms with van der Waals surface area (Å²) in [4.78, 5) is 21.3. The molecule has 9 nitrogen and oxygen atoms in total. The van der Waals surface area contributed by atoms with E-state index < -0.39 is 10.0 Å². The fourth-order valence-electron chi connectivity index (χ4n) is 7.36. The van der Waals surface area contributed by atoms with Gasteiger partial charge in [0.05, 0.1) is 12.9 Å². The lowest BCUT2D eigenvalue weighted by atomic mass is 9.69. The van der Waals surface area contributed by atoms with Crippen molar-refractivity contribution in [3.05, 3.63) is 47.9 Å². The number of ether oxygens (including phenoxy) is 1. The maximum Gasteiger partial charge on any atom is 0.410 e. The van der Waals surface area contributed by atoms with Crippen LogP contribution in [-0.2, 0) is 33.8 Å². The van der Waals surface area contributed by atoms with Crippen LogP contribution in [0.5, 0.6) is 0 Å². The van der Waals surface area contributed by atoms with Crippen LogP contribution in [0, 0.1) is 0 Å². The zero-order valence-electron chi connectivity index (χ0n) is 21.8. The van der Waals surface area contributed by atoms with Crippen molar-refractivity contribution in [3.8, 4) is 0 Å². The van der Waals surface area contributed by atoms with Gasteiger partial charge in [-0.15, -0.1) is 0 Å². The van der Waals surface area contributed by atoms with Crippen LogP contribution in [0.25, 0.3) is 0 Å². The summed E-state index contributed by atoms with van der Waals surface area (Å²) >= 11 is 0. The molecule has 0 N–H and O–H groups in total. The summed E-state index contributed by atoms with van der Waals surface area (Å²) in [5.41, 5.74) is 2.21. The number of rotatable bonds is 4. The molecule has 2 aromatic rings. The Morgan fingerprint density at radius 2 is 1.81 bits per heavy atom. The number of aromatic nitrogens is 2. The van der Waals surface area contributed by atoms with Crippen LogP contribution in [-0.4, -0.2) is 82.5 Å². The van der Waals surface area contributed by atoms with Crippen molar-refractivity contribution in [2.45, 2.75) is 80.6 Å². The molecule has 3 fully saturated rings. The summed E-state index contributed by atoms with van der Waals surface area (Å²) in [6.07, 6.45) is 8.94. The van der Waals surface area contributed by atoms with Gasteiger partial charge in [-0.25, -0.2) is 18.2 Å². The smallest absolute Gasteiger partial charge is 0.410 e. The second-order valence-corrected chi connectivity index (χ2v) is 13.1. The van der Waals surface area contributed by atoms with Crippen LogP contribution in [0.15, 0.2) is 41.8 Å². The highest BCUT2D eigenvalue weighted by molar-refractivity contribution is 7.89. The molecule has 4 aliphatic rings. The van der Waals surface area contributed by atoms with E-state index >= 15 is 0 Å². The van der Waals surface area contributed by atoms with Gasteiger partial charge in [-0.2, -0.15) is 4.31 Å². The van der Waals surface area contributed by atoms with Crippen LogP contribution in [0.3, 0.4) is 0 Å². The van der Waals surface area contributed by atoms with E-state index in [9.17, 15) is 13.2 Å². The molecule has 4 aliphatic heterocycles. The summed E-state index contributed by atoms with van der Waals surface area (Å²) in [7, 11) is -1.89. The number of nitrogens with zero attached hydrogens (tertiary/aromatic N) is 5. The van der Waals surface area contributed by atoms with Gasteiger partial charge in [0.15, 0.2) is 5.03 Å². The van der Waals surface area contributed by atoms with Crippen LogP contribution in [0.1, 0.15) is 56.6 Å². The van der Waals surface area contributed by atoms with Crippen molar-refractivity contribution in [2.75, 3.05) is 26.2 Å². The number of benzene rings is 1. The molecular weight excluding hydrogens is 490 g/mol. The molecule has 2 unspecified atom stereocenters. The molecule has 5 heterocycles. The van der Waals surface area contributed by atoms with Crippen LogP contribution in [0.2, 0.25) is 0 Å². The maximum absolute atomic E-state index is 13.6. The third kappa shape index (κ3) is 4.27. The second-order valence-electron chi connectivity index (χ2n) is 11.2. The molecule has 2 atom stereocenters. The van der Waals surface area contributed by atoms with E-state index in [0.29, 0.717) is 25.7 Å². The molecule has 3 saturated heterocycles. The first kappa shape index (κ1) is 24.9. The van der Waals surface area contributed by atoms with Gasteiger partial charge in [0.2, 0.25) is 0 Å².